The summed E-state index contributed by atoms with van der Waals surface area (Å²) in [6.45, 7) is 1.17. The molecule has 2 heterocycles. The number of carbonyl (C=O) groups excluding carboxylic acids is 1. The number of ether oxygens (including phenoxy) is 2. The number of rotatable bonds is 3. The average molecular weight is 326 g/mol. The summed E-state index contributed by atoms with van der Waals surface area (Å²) in [6, 6.07) is 4.51. The van der Waals surface area contributed by atoms with Gasteiger partial charge in [0.25, 0.3) is 0 Å². The van der Waals surface area contributed by atoms with Gasteiger partial charge in [0.05, 0.1) is 4.90 Å². The van der Waals surface area contributed by atoms with Gasteiger partial charge in [-0.1, -0.05) is 0 Å². The van der Waals surface area contributed by atoms with Crippen LogP contribution in [0.5, 0.6) is 11.5 Å². The minimum Gasteiger partial charge on any atom is -0.550 e. The van der Waals surface area contributed by atoms with Gasteiger partial charge in [0.2, 0.25) is 10.0 Å². The number of benzene rings is 1. The number of piperidine rings is 1. The zero-order valence-electron chi connectivity index (χ0n) is 11.9. The third-order valence-electron chi connectivity index (χ3n) is 3.94. The number of hydrogen-bond acceptors (Lipinski definition) is 6. The largest absolute Gasteiger partial charge is 0.550 e. The van der Waals surface area contributed by atoms with Crippen molar-refractivity contribution in [2.45, 2.75) is 17.7 Å². The van der Waals surface area contributed by atoms with Crippen LogP contribution in [0.25, 0.3) is 0 Å². The van der Waals surface area contributed by atoms with Crippen LogP contribution in [-0.2, 0) is 14.8 Å². The van der Waals surface area contributed by atoms with E-state index in [1.807, 2.05) is 0 Å². The molecule has 2 aliphatic heterocycles. The van der Waals surface area contributed by atoms with Crippen molar-refractivity contribution in [3.8, 4) is 11.5 Å². The SMILES string of the molecule is O=C([O-])C1CCN(S(=O)(=O)c2ccc3c(c2)OCCO3)CC1. The molecule has 0 bridgehead atoms. The van der Waals surface area contributed by atoms with E-state index in [9.17, 15) is 18.3 Å². The molecule has 0 amide bonds. The first-order valence-electron chi connectivity index (χ1n) is 7.09. The zero-order valence-corrected chi connectivity index (χ0v) is 12.7. The number of fused-ring (bicyclic) bond motifs is 1. The fourth-order valence-corrected chi connectivity index (χ4v) is 4.15. The summed E-state index contributed by atoms with van der Waals surface area (Å²) >= 11 is 0. The molecule has 22 heavy (non-hydrogen) atoms. The number of carboxylic acid groups (broad SMARTS) is 1. The van der Waals surface area contributed by atoms with Crippen molar-refractivity contribution in [3.63, 3.8) is 0 Å². The first-order valence-corrected chi connectivity index (χ1v) is 8.53. The van der Waals surface area contributed by atoms with Crippen molar-refractivity contribution < 1.29 is 27.8 Å². The smallest absolute Gasteiger partial charge is 0.243 e. The third-order valence-corrected chi connectivity index (χ3v) is 5.83. The van der Waals surface area contributed by atoms with E-state index in [-0.39, 0.29) is 30.8 Å². The molecule has 120 valence electrons. The van der Waals surface area contributed by atoms with E-state index >= 15 is 0 Å². The van der Waals surface area contributed by atoms with Gasteiger partial charge in [-0.05, 0) is 25.0 Å². The van der Waals surface area contributed by atoms with Crippen molar-refractivity contribution in [2.75, 3.05) is 26.3 Å². The van der Waals surface area contributed by atoms with Crippen LogP contribution in [0.15, 0.2) is 23.1 Å². The van der Waals surface area contributed by atoms with E-state index in [1.54, 1.807) is 6.07 Å². The van der Waals surface area contributed by atoms with Gasteiger partial charge in [-0.25, -0.2) is 8.42 Å². The van der Waals surface area contributed by atoms with Crippen LogP contribution in [0.2, 0.25) is 0 Å². The van der Waals surface area contributed by atoms with Crippen molar-refractivity contribution in [3.05, 3.63) is 18.2 Å². The Kier molecular flexibility index (Phi) is 3.96. The highest BCUT2D eigenvalue weighted by atomic mass is 32.2. The van der Waals surface area contributed by atoms with Crippen LogP contribution >= 0.6 is 0 Å². The van der Waals surface area contributed by atoms with Crippen molar-refractivity contribution in [2.24, 2.45) is 5.92 Å². The van der Waals surface area contributed by atoms with E-state index in [1.165, 1.54) is 16.4 Å². The van der Waals surface area contributed by atoms with E-state index in [0.29, 0.717) is 24.7 Å². The van der Waals surface area contributed by atoms with Crippen LogP contribution in [0.4, 0.5) is 0 Å². The van der Waals surface area contributed by atoms with Gasteiger partial charge in [-0.2, -0.15) is 4.31 Å². The van der Waals surface area contributed by atoms with E-state index in [0.717, 1.165) is 0 Å². The second-order valence-electron chi connectivity index (χ2n) is 5.30. The number of aliphatic carboxylic acids is 1. The summed E-state index contributed by atoms with van der Waals surface area (Å²) in [5.74, 6) is -0.749. The molecule has 1 saturated heterocycles. The normalized spacial score (nSPS) is 19.8. The Bertz CT molecular complexity index is 679. The van der Waals surface area contributed by atoms with Crippen molar-refractivity contribution in [1.82, 2.24) is 4.31 Å². The Morgan fingerprint density at radius 3 is 2.41 bits per heavy atom. The molecule has 0 spiro atoms. The topological polar surface area (TPSA) is 96.0 Å². The first kappa shape index (κ1) is 15.1. The Hall–Kier alpha value is -1.80. The summed E-state index contributed by atoms with van der Waals surface area (Å²) in [6.07, 6.45) is 0.540. The third kappa shape index (κ3) is 2.76. The lowest BCUT2D eigenvalue weighted by molar-refractivity contribution is -0.312. The maximum absolute atomic E-state index is 12.6. The highest BCUT2D eigenvalue weighted by molar-refractivity contribution is 7.89. The second kappa shape index (κ2) is 5.77. The molecule has 1 aromatic carbocycles. The summed E-state index contributed by atoms with van der Waals surface area (Å²) in [7, 11) is -3.66. The fraction of sp³-hybridized carbons (Fsp3) is 0.500. The van der Waals surface area contributed by atoms with Gasteiger partial charge < -0.3 is 19.4 Å². The van der Waals surface area contributed by atoms with Crippen molar-refractivity contribution >= 4 is 16.0 Å². The van der Waals surface area contributed by atoms with Gasteiger partial charge in [0.15, 0.2) is 11.5 Å². The lowest BCUT2D eigenvalue weighted by Gasteiger charge is -2.31. The Balaban J connectivity index is 1.80. The lowest BCUT2D eigenvalue weighted by Crippen LogP contribution is -2.43. The predicted molar refractivity (Wildman–Crippen MR) is 73.9 cm³/mol. The molecule has 1 fully saturated rings. The summed E-state index contributed by atoms with van der Waals surface area (Å²) < 4.78 is 37.3. The molecule has 0 N–H and O–H groups in total. The fourth-order valence-electron chi connectivity index (χ4n) is 2.67. The molecule has 2 aliphatic rings. The Morgan fingerprint density at radius 2 is 1.77 bits per heavy atom. The monoisotopic (exact) mass is 326 g/mol. The first-order chi connectivity index (χ1) is 10.5. The molecule has 0 atom stereocenters. The highest BCUT2D eigenvalue weighted by Gasteiger charge is 2.30. The van der Waals surface area contributed by atoms with Gasteiger partial charge in [-0.15, -0.1) is 0 Å². The number of carboxylic acids is 1. The summed E-state index contributed by atoms with van der Waals surface area (Å²) in [5.41, 5.74) is 0. The predicted octanol–water partition coefficient (Wildman–Crippen LogP) is -0.392. The number of hydrogen-bond donors (Lipinski definition) is 0. The Labute approximate surface area is 128 Å². The summed E-state index contributed by atoms with van der Waals surface area (Å²) in [4.78, 5) is 11.0. The minimum absolute atomic E-state index is 0.128. The Morgan fingerprint density at radius 1 is 1.14 bits per heavy atom. The van der Waals surface area contributed by atoms with Crippen LogP contribution in [0, 0.1) is 5.92 Å². The second-order valence-corrected chi connectivity index (χ2v) is 7.24. The van der Waals surface area contributed by atoms with Crippen LogP contribution in [-0.4, -0.2) is 45.0 Å². The molecular weight excluding hydrogens is 310 g/mol. The van der Waals surface area contributed by atoms with Crippen LogP contribution in [0.1, 0.15) is 12.8 Å². The molecule has 0 radical (unpaired) electrons. The molecule has 3 rings (SSSR count). The quantitative estimate of drug-likeness (QED) is 0.750. The van der Waals surface area contributed by atoms with Gasteiger partial charge >= 0.3 is 0 Å². The molecule has 7 nitrogen and oxygen atoms in total. The zero-order chi connectivity index (χ0) is 15.7. The maximum atomic E-state index is 12.6. The van der Waals surface area contributed by atoms with E-state index < -0.39 is 21.9 Å². The van der Waals surface area contributed by atoms with Crippen LogP contribution < -0.4 is 14.6 Å². The standard InChI is InChI=1S/C14H17NO6S/c16-14(17)10-3-5-15(6-4-10)22(18,19)11-1-2-12-13(9-11)21-8-7-20-12/h1-2,9-10H,3-8H2,(H,16,17)/p-1. The molecule has 0 aliphatic carbocycles. The van der Waals surface area contributed by atoms with Gasteiger partial charge in [0, 0.05) is 31.0 Å². The molecule has 1 aromatic rings. The number of carbonyl (C=O) groups is 1. The number of sulfonamides is 1. The molecule has 8 heteroatoms. The summed E-state index contributed by atoms with van der Waals surface area (Å²) in [5, 5.41) is 10.8. The van der Waals surface area contributed by atoms with Crippen LogP contribution in [0.3, 0.4) is 0 Å². The van der Waals surface area contributed by atoms with Gasteiger partial charge in [0.1, 0.15) is 13.2 Å². The molecule has 0 unspecified atom stereocenters. The van der Waals surface area contributed by atoms with Gasteiger partial charge in [-0.3, -0.25) is 0 Å². The van der Waals surface area contributed by atoms with Crippen molar-refractivity contribution in [1.29, 1.82) is 0 Å². The molecule has 0 saturated carbocycles. The average Bonchev–Trinajstić information content (AvgIpc) is 2.54. The van der Waals surface area contributed by atoms with E-state index in [4.69, 9.17) is 9.47 Å². The lowest BCUT2D eigenvalue weighted by atomic mass is 9.99. The minimum atomic E-state index is -3.66. The molecular formula is C14H16NO6S-. The van der Waals surface area contributed by atoms with E-state index in [2.05, 4.69) is 0 Å². The maximum Gasteiger partial charge on any atom is 0.243 e. The number of nitrogens with zero attached hydrogens (tertiary/aromatic N) is 1. The highest BCUT2D eigenvalue weighted by Crippen LogP contribution is 2.33. The molecule has 0 aromatic heterocycles.